The van der Waals surface area contributed by atoms with E-state index in [9.17, 15) is 24.0 Å². The third kappa shape index (κ3) is 6.18. The summed E-state index contributed by atoms with van der Waals surface area (Å²) in [6.45, 7) is 5.32. The topological polar surface area (TPSA) is 99.6 Å². The number of unbranched alkanes of at least 4 members (excludes halogenated alkanes) is 1. The van der Waals surface area contributed by atoms with E-state index in [4.69, 9.17) is 0 Å². The lowest BCUT2D eigenvalue weighted by Gasteiger charge is -2.27. The summed E-state index contributed by atoms with van der Waals surface area (Å²) in [7, 11) is 0. The van der Waals surface area contributed by atoms with Crippen molar-refractivity contribution in [3.8, 4) is 0 Å². The Morgan fingerprint density at radius 3 is 2.65 bits per heavy atom. The lowest BCUT2D eigenvalue weighted by Crippen LogP contribution is -2.49. The standard InChI is InChI=1S/C18H26FN3O4/c1-4-5-7-13(10-22(26)11-23)17(24)15(12(2)3)21-18(25)16-14(19)8-6-9-20-16/h6,8-9,11-13,15,26H,4-5,7,10H2,1-3H3,(H,21,25)/t13-,15+/m1/s1. The summed E-state index contributed by atoms with van der Waals surface area (Å²) in [6, 6.07) is 1.60. The molecule has 0 saturated carbocycles. The predicted octanol–water partition coefficient (Wildman–Crippen LogP) is 2.20. The molecule has 26 heavy (non-hydrogen) atoms. The minimum absolute atomic E-state index is 0.153. The van der Waals surface area contributed by atoms with Gasteiger partial charge in [0.2, 0.25) is 6.41 Å². The third-order valence-corrected chi connectivity index (χ3v) is 4.07. The zero-order chi connectivity index (χ0) is 19.7. The quantitative estimate of drug-likeness (QED) is 0.355. The van der Waals surface area contributed by atoms with Crippen LogP contribution in [-0.2, 0) is 9.59 Å². The number of rotatable bonds is 11. The Kier molecular flexibility index (Phi) is 8.84. The van der Waals surface area contributed by atoms with Crippen molar-refractivity contribution in [2.45, 2.75) is 46.1 Å². The minimum atomic E-state index is -0.884. The normalized spacial score (nSPS) is 13.2. The fourth-order valence-corrected chi connectivity index (χ4v) is 2.63. The van der Waals surface area contributed by atoms with Gasteiger partial charge in [-0.25, -0.2) is 14.4 Å². The van der Waals surface area contributed by atoms with Crippen molar-refractivity contribution < 1.29 is 24.0 Å². The van der Waals surface area contributed by atoms with Crippen LogP contribution in [0, 0.1) is 17.7 Å². The van der Waals surface area contributed by atoms with Crippen molar-refractivity contribution >= 4 is 18.1 Å². The average molecular weight is 367 g/mol. The van der Waals surface area contributed by atoms with Gasteiger partial charge in [0.05, 0.1) is 12.6 Å². The molecule has 144 valence electrons. The maximum Gasteiger partial charge on any atom is 0.273 e. The van der Waals surface area contributed by atoms with Gasteiger partial charge >= 0.3 is 0 Å². The van der Waals surface area contributed by atoms with Gasteiger partial charge in [-0.1, -0.05) is 33.6 Å². The predicted molar refractivity (Wildman–Crippen MR) is 92.9 cm³/mol. The molecule has 0 saturated heterocycles. The number of aromatic nitrogens is 1. The summed E-state index contributed by atoms with van der Waals surface area (Å²) < 4.78 is 13.7. The molecule has 0 aliphatic heterocycles. The van der Waals surface area contributed by atoms with Gasteiger partial charge in [-0.05, 0) is 24.5 Å². The highest BCUT2D eigenvalue weighted by Gasteiger charge is 2.32. The van der Waals surface area contributed by atoms with Gasteiger partial charge in [0.15, 0.2) is 17.3 Å². The van der Waals surface area contributed by atoms with Crippen LogP contribution in [0.15, 0.2) is 18.3 Å². The first-order chi connectivity index (χ1) is 12.3. The molecule has 0 aliphatic carbocycles. The van der Waals surface area contributed by atoms with E-state index < -0.39 is 23.7 Å². The molecule has 1 rings (SSSR count). The molecule has 2 atom stereocenters. The number of hydrogen-bond donors (Lipinski definition) is 2. The fraction of sp³-hybridized carbons (Fsp3) is 0.556. The number of ketones is 1. The number of nitrogens with one attached hydrogen (secondary N) is 1. The van der Waals surface area contributed by atoms with E-state index in [2.05, 4.69) is 10.3 Å². The number of amides is 2. The Bertz CT molecular complexity index is 624. The molecule has 1 heterocycles. The fourth-order valence-electron chi connectivity index (χ4n) is 2.63. The molecule has 0 radical (unpaired) electrons. The van der Waals surface area contributed by atoms with Crippen molar-refractivity contribution in [1.82, 2.24) is 15.4 Å². The molecule has 0 aromatic carbocycles. The summed E-state index contributed by atoms with van der Waals surface area (Å²) in [5, 5.41) is 12.4. The maximum absolute atomic E-state index is 13.7. The Balaban J connectivity index is 2.97. The van der Waals surface area contributed by atoms with Crippen molar-refractivity contribution in [2.24, 2.45) is 11.8 Å². The highest BCUT2D eigenvalue weighted by Crippen LogP contribution is 2.17. The summed E-state index contributed by atoms with van der Waals surface area (Å²) in [5.41, 5.74) is -0.382. The van der Waals surface area contributed by atoms with E-state index in [1.54, 1.807) is 13.8 Å². The first-order valence-electron chi connectivity index (χ1n) is 8.67. The Labute approximate surface area is 152 Å². The number of hydrogen-bond acceptors (Lipinski definition) is 5. The zero-order valence-electron chi connectivity index (χ0n) is 15.3. The van der Waals surface area contributed by atoms with Crippen LogP contribution in [0.3, 0.4) is 0 Å². The summed E-state index contributed by atoms with van der Waals surface area (Å²) in [6.07, 6.45) is 3.57. The maximum atomic E-state index is 13.7. The number of nitrogens with zero attached hydrogens (tertiary/aromatic N) is 2. The monoisotopic (exact) mass is 367 g/mol. The third-order valence-electron chi connectivity index (χ3n) is 4.07. The summed E-state index contributed by atoms with van der Waals surface area (Å²) >= 11 is 0. The van der Waals surface area contributed by atoms with Crippen LogP contribution >= 0.6 is 0 Å². The molecular formula is C18H26FN3O4. The van der Waals surface area contributed by atoms with Crippen LogP contribution in [0.4, 0.5) is 4.39 Å². The highest BCUT2D eigenvalue weighted by atomic mass is 19.1. The van der Waals surface area contributed by atoms with Gasteiger partial charge in [-0.2, -0.15) is 0 Å². The molecule has 1 aromatic heterocycles. The van der Waals surface area contributed by atoms with E-state index in [1.807, 2.05) is 6.92 Å². The highest BCUT2D eigenvalue weighted by molar-refractivity contribution is 5.97. The first-order valence-corrected chi connectivity index (χ1v) is 8.67. The molecular weight excluding hydrogens is 341 g/mol. The van der Waals surface area contributed by atoms with Crippen LogP contribution in [-0.4, -0.2) is 45.9 Å². The Morgan fingerprint density at radius 2 is 2.12 bits per heavy atom. The molecule has 0 aliphatic rings. The van der Waals surface area contributed by atoms with E-state index in [0.717, 1.165) is 18.9 Å². The van der Waals surface area contributed by atoms with E-state index >= 15 is 0 Å². The van der Waals surface area contributed by atoms with Crippen LogP contribution < -0.4 is 5.32 Å². The summed E-state index contributed by atoms with van der Waals surface area (Å²) in [5.74, 6) is -2.75. The zero-order valence-corrected chi connectivity index (χ0v) is 15.3. The summed E-state index contributed by atoms with van der Waals surface area (Å²) in [4.78, 5) is 39.6. The van der Waals surface area contributed by atoms with Crippen LogP contribution in [0.5, 0.6) is 0 Å². The average Bonchev–Trinajstić information content (AvgIpc) is 2.62. The second-order valence-corrected chi connectivity index (χ2v) is 6.50. The Hall–Kier alpha value is -2.35. The molecule has 2 N–H and O–H groups in total. The van der Waals surface area contributed by atoms with Gasteiger partial charge in [0.1, 0.15) is 0 Å². The second-order valence-electron chi connectivity index (χ2n) is 6.50. The molecule has 7 nitrogen and oxygen atoms in total. The lowest BCUT2D eigenvalue weighted by atomic mass is 9.87. The molecule has 2 amide bonds. The van der Waals surface area contributed by atoms with Crippen molar-refractivity contribution in [1.29, 1.82) is 0 Å². The minimum Gasteiger partial charge on any atom is -0.341 e. The second kappa shape index (κ2) is 10.6. The van der Waals surface area contributed by atoms with E-state index in [1.165, 1.54) is 12.3 Å². The van der Waals surface area contributed by atoms with Gasteiger partial charge in [0, 0.05) is 12.1 Å². The van der Waals surface area contributed by atoms with Crippen molar-refractivity contribution in [2.75, 3.05) is 6.54 Å². The SMILES string of the molecule is CCCC[C@H](CN(O)C=O)C(=O)[C@@H](NC(=O)c1ncccc1F)C(C)C. The lowest BCUT2D eigenvalue weighted by molar-refractivity contribution is -0.154. The number of pyridine rings is 1. The Morgan fingerprint density at radius 1 is 1.42 bits per heavy atom. The molecule has 0 bridgehead atoms. The number of carbonyl (C=O) groups excluding carboxylic acids is 3. The van der Waals surface area contributed by atoms with Crippen LogP contribution in [0.25, 0.3) is 0 Å². The van der Waals surface area contributed by atoms with Crippen molar-refractivity contribution in [3.63, 3.8) is 0 Å². The number of halogens is 1. The molecule has 8 heteroatoms. The van der Waals surface area contributed by atoms with Gasteiger partial charge in [-0.3, -0.25) is 19.6 Å². The van der Waals surface area contributed by atoms with Gasteiger partial charge in [0.25, 0.3) is 5.91 Å². The van der Waals surface area contributed by atoms with Crippen LogP contribution in [0.1, 0.15) is 50.5 Å². The van der Waals surface area contributed by atoms with E-state index in [-0.39, 0.29) is 30.3 Å². The number of Topliss-reactive ketones (excluding diaryl/α,β-unsaturated/α-hetero) is 1. The van der Waals surface area contributed by atoms with Gasteiger partial charge < -0.3 is 5.32 Å². The number of hydroxylamine groups is 2. The van der Waals surface area contributed by atoms with Crippen LogP contribution in [0.2, 0.25) is 0 Å². The first kappa shape index (κ1) is 21.7. The largest absolute Gasteiger partial charge is 0.341 e. The molecule has 0 spiro atoms. The van der Waals surface area contributed by atoms with Crippen molar-refractivity contribution in [3.05, 3.63) is 29.8 Å². The molecule has 0 unspecified atom stereocenters. The molecule has 1 aromatic rings. The molecule has 0 fully saturated rings. The van der Waals surface area contributed by atoms with Gasteiger partial charge in [-0.15, -0.1) is 0 Å². The van der Waals surface area contributed by atoms with E-state index in [0.29, 0.717) is 11.5 Å². The number of carbonyl (C=O) groups is 3. The smallest absolute Gasteiger partial charge is 0.273 e.